The van der Waals surface area contributed by atoms with Crippen LogP contribution < -0.4 is 5.32 Å². The molecule has 1 fully saturated rings. The number of anilines is 1. The molecule has 6 nitrogen and oxygen atoms in total. The number of pyridine rings is 1. The van der Waals surface area contributed by atoms with Crippen LogP contribution in [0.15, 0.2) is 24.4 Å². The number of nitrogens with zero attached hydrogens (tertiary/aromatic N) is 4. The third-order valence-corrected chi connectivity index (χ3v) is 4.59. The van der Waals surface area contributed by atoms with Gasteiger partial charge in [0.15, 0.2) is 0 Å². The van der Waals surface area contributed by atoms with E-state index in [1.54, 1.807) is 6.20 Å². The van der Waals surface area contributed by atoms with Crippen molar-refractivity contribution in [1.29, 1.82) is 0 Å². The highest BCUT2D eigenvalue weighted by Gasteiger charge is 2.33. The predicted molar refractivity (Wildman–Crippen MR) is 85.8 cm³/mol. The molecule has 1 saturated carbocycles. The highest BCUT2D eigenvalue weighted by Crippen LogP contribution is 2.29. The summed E-state index contributed by atoms with van der Waals surface area (Å²) in [7, 11) is 0. The molecule has 1 N–H and O–H groups in total. The molecule has 0 bridgehead atoms. The van der Waals surface area contributed by atoms with Gasteiger partial charge in [-0.2, -0.15) is 0 Å². The van der Waals surface area contributed by atoms with E-state index >= 15 is 0 Å². The van der Waals surface area contributed by atoms with Crippen molar-refractivity contribution in [3.8, 4) is 0 Å². The van der Waals surface area contributed by atoms with Crippen molar-refractivity contribution in [3.63, 3.8) is 0 Å². The smallest absolute Gasteiger partial charge is 0.316 e. The van der Waals surface area contributed by atoms with Crippen LogP contribution in [0.2, 0.25) is 0 Å². The SMILES string of the molecule is CC(C)c1nnc(NC(=O)N(Cc2ccccn2)C2CC2)s1. The average Bonchev–Trinajstić information content (AvgIpc) is 3.24. The van der Waals surface area contributed by atoms with E-state index in [4.69, 9.17) is 0 Å². The molecule has 116 valence electrons. The van der Waals surface area contributed by atoms with E-state index in [1.807, 2.05) is 23.1 Å². The molecule has 2 amide bonds. The van der Waals surface area contributed by atoms with Crippen molar-refractivity contribution in [2.45, 2.75) is 45.2 Å². The highest BCUT2D eigenvalue weighted by atomic mass is 32.1. The zero-order chi connectivity index (χ0) is 15.5. The molecule has 2 aromatic rings. The highest BCUT2D eigenvalue weighted by molar-refractivity contribution is 7.15. The van der Waals surface area contributed by atoms with Crippen LogP contribution in [0.4, 0.5) is 9.93 Å². The van der Waals surface area contributed by atoms with E-state index in [1.165, 1.54) is 11.3 Å². The number of hydrogen-bond acceptors (Lipinski definition) is 5. The third kappa shape index (κ3) is 3.59. The van der Waals surface area contributed by atoms with Gasteiger partial charge in [-0.05, 0) is 25.0 Å². The molecule has 1 aliphatic rings. The van der Waals surface area contributed by atoms with Crippen molar-refractivity contribution in [2.75, 3.05) is 5.32 Å². The maximum absolute atomic E-state index is 12.5. The average molecular weight is 317 g/mol. The summed E-state index contributed by atoms with van der Waals surface area (Å²) in [5, 5.41) is 12.5. The lowest BCUT2D eigenvalue weighted by Gasteiger charge is -2.21. The predicted octanol–water partition coefficient (Wildman–Crippen LogP) is 3.25. The first-order chi connectivity index (χ1) is 10.6. The molecule has 2 aromatic heterocycles. The second kappa shape index (κ2) is 6.39. The molecule has 0 aliphatic heterocycles. The zero-order valence-electron chi connectivity index (χ0n) is 12.7. The molecule has 0 saturated heterocycles. The Morgan fingerprint density at radius 3 is 2.82 bits per heavy atom. The van der Waals surface area contributed by atoms with Gasteiger partial charge in [-0.1, -0.05) is 31.3 Å². The Morgan fingerprint density at radius 1 is 1.41 bits per heavy atom. The quantitative estimate of drug-likeness (QED) is 0.919. The van der Waals surface area contributed by atoms with Crippen LogP contribution in [0.25, 0.3) is 0 Å². The Morgan fingerprint density at radius 2 is 2.23 bits per heavy atom. The summed E-state index contributed by atoms with van der Waals surface area (Å²) in [5.74, 6) is 0.316. The van der Waals surface area contributed by atoms with Gasteiger partial charge < -0.3 is 4.90 Å². The Bertz CT molecular complexity index is 638. The Balaban J connectivity index is 1.67. The minimum absolute atomic E-state index is 0.125. The lowest BCUT2D eigenvalue weighted by atomic mass is 10.2. The minimum Gasteiger partial charge on any atom is -0.316 e. The molecule has 0 aromatic carbocycles. The Hall–Kier alpha value is -2.02. The molecule has 3 rings (SSSR count). The van der Waals surface area contributed by atoms with Gasteiger partial charge in [0, 0.05) is 18.2 Å². The summed E-state index contributed by atoms with van der Waals surface area (Å²) in [6.07, 6.45) is 3.85. The second-order valence-corrected chi connectivity index (χ2v) is 6.72. The maximum atomic E-state index is 12.5. The van der Waals surface area contributed by atoms with E-state index in [0.29, 0.717) is 23.6 Å². The van der Waals surface area contributed by atoms with Crippen LogP contribution in [0.3, 0.4) is 0 Å². The van der Waals surface area contributed by atoms with Gasteiger partial charge in [0.25, 0.3) is 0 Å². The second-order valence-electron chi connectivity index (χ2n) is 5.71. The number of amides is 2. The summed E-state index contributed by atoms with van der Waals surface area (Å²) in [5.41, 5.74) is 0.893. The van der Waals surface area contributed by atoms with Crippen molar-refractivity contribution < 1.29 is 4.79 Å². The third-order valence-electron chi connectivity index (χ3n) is 3.46. The summed E-state index contributed by atoms with van der Waals surface area (Å²) >= 11 is 1.43. The van der Waals surface area contributed by atoms with E-state index in [9.17, 15) is 4.79 Å². The monoisotopic (exact) mass is 317 g/mol. The van der Waals surface area contributed by atoms with Gasteiger partial charge in [-0.25, -0.2) is 4.79 Å². The number of rotatable bonds is 5. The summed E-state index contributed by atoms with van der Waals surface area (Å²) in [6, 6.07) is 5.92. The number of carbonyl (C=O) groups excluding carboxylic acids is 1. The summed E-state index contributed by atoms with van der Waals surface area (Å²) in [4.78, 5) is 18.6. The normalized spacial score (nSPS) is 14.1. The van der Waals surface area contributed by atoms with Crippen molar-refractivity contribution in [2.24, 2.45) is 0 Å². The van der Waals surface area contributed by atoms with E-state index in [-0.39, 0.29) is 6.03 Å². The van der Waals surface area contributed by atoms with Crippen molar-refractivity contribution >= 4 is 22.5 Å². The van der Waals surface area contributed by atoms with Gasteiger partial charge in [0.05, 0.1) is 12.2 Å². The first kappa shape index (κ1) is 14.9. The summed E-state index contributed by atoms with van der Waals surface area (Å²) < 4.78 is 0. The number of carbonyl (C=O) groups is 1. The molecule has 1 aliphatic carbocycles. The molecule has 2 heterocycles. The van der Waals surface area contributed by atoms with Gasteiger partial charge >= 0.3 is 6.03 Å². The largest absolute Gasteiger partial charge is 0.324 e. The fourth-order valence-electron chi connectivity index (χ4n) is 2.10. The van der Waals surface area contributed by atoms with Gasteiger partial charge in [0.1, 0.15) is 5.01 Å². The van der Waals surface area contributed by atoms with Crippen LogP contribution in [-0.4, -0.2) is 32.2 Å². The molecular weight excluding hydrogens is 298 g/mol. The number of aromatic nitrogens is 3. The Labute approximate surface area is 133 Å². The van der Waals surface area contributed by atoms with E-state index < -0.39 is 0 Å². The standard InChI is InChI=1S/C15H19N5OS/c1-10(2)13-18-19-14(22-13)17-15(21)20(12-6-7-12)9-11-5-3-4-8-16-11/h3-5,8,10,12H,6-7,9H2,1-2H3,(H,17,19,21). The van der Waals surface area contributed by atoms with Crippen molar-refractivity contribution in [3.05, 3.63) is 35.1 Å². The maximum Gasteiger partial charge on any atom is 0.324 e. The van der Waals surface area contributed by atoms with Crippen LogP contribution in [-0.2, 0) is 6.54 Å². The summed E-state index contributed by atoms with van der Waals surface area (Å²) in [6.45, 7) is 4.64. The van der Waals surface area contributed by atoms with Gasteiger partial charge in [-0.15, -0.1) is 10.2 Å². The van der Waals surface area contributed by atoms with Crippen LogP contribution in [0.1, 0.15) is 43.3 Å². The fourth-order valence-corrected chi connectivity index (χ4v) is 2.84. The Kier molecular flexibility index (Phi) is 4.33. The first-order valence-electron chi connectivity index (χ1n) is 7.44. The molecule has 0 radical (unpaired) electrons. The first-order valence-corrected chi connectivity index (χ1v) is 8.26. The number of hydrogen-bond donors (Lipinski definition) is 1. The van der Waals surface area contributed by atoms with E-state index in [2.05, 4.69) is 34.3 Å². The fraction of sp³-hybridized carbons (Fsp3) is 0.467. The number of urea groups is 1. The molecular formula is C15H19N5OS. The van der Waals surface area contributed by atoms with Crippen LogP contribution in [0, 0.1) is 0 Å². The molecule has 7 heteroatoms. The van der Waals surface area contributed by atoms with Crippen molar-refractivity contribution in [1.82, 2.24) is 20.1 Å². The lowest BCUT2D eigenvalue weighted by molar-refractivity contribution is 0.205. The van der Waals surface area contributed by atoms with Crippen LogP contribution >= 0.6 is 11.3 Å². The minimum atomic E-state index is -0.125. The van der Waals surface area contributed by atoms with Gasteiger partial charge in [0.2, 0.25) is 5.13 Å². The zero-order valence-corrected chi connectivity index (χ0v) is 13.5. The van der Waals surface area contributed by atoms with E-state index in [0.717, 1.165) is 23.5 Å². The molecule has 0 unspecified atom stereocenters. The van der Waals surface area contributed by atoms with Crippen LogP contribution in [0.5, 0.6) is 0 Å². The lowest BCUT2D eigenvalue weighted by Crippen LogP contribution is -2.36. The molecule has 0 atom stereocenters. The number of nitrogens with one attached hydrogen (secondary N) is 1. The molecule has 0 spiro atoms. The topological polar surface area (TPSA) is 71.0 Å². The molecule has 22 heavy (non-hydrogen) atoms. The van der Waals surface area contributed by atoms with Gasteiger partial charge in [-0.3, -0.25) is 10.3 Å².